The van der Waals surface area contributed by atoms with Crippen LogP contribution in [0.1, 0.15) is 25.5 Å². The van der Waals surface area contributed by atoms with Crippen molar-refractivity contribution >= 4 is 17.7 Å². The summed E-state index contributed by atoms with van der Waals surface area (Å²) in [5.74, 6) is 2.09. The number of carbonyl (C=O) groups is 1. The van der Waals surface area contributed by atoms with Gasteiger partial charge in [0.2, 0.25) is 6.10 Å². The Hall–Kier alpha value is -2.45. The predicted octanol–water partition coefficient (Wildman–Crippen LogP) is 5.22. The van der Waals surface area contributed by atoms with E-state index in [1.165, 1.54) is 0 Å². The van der Waals surface area contributed by atoms with Gasteiger partial charge in [0.25, 0.3) is 0 Å². The van der Waals surface area contributed by atoms with Gasteiger partial charge in [0, 0.05) is 5.56 Å². The van der Waals surface area contributed by atoms with Gasteiger partial charge in [0.1, 0.15) is 17.6 Å². The van der Waals surface area contributed by atoms with Crippen molar-refractivity contribution < 1.29 is 14.3 Å². The number of rotatable bonds is 7. The zero-order chi connectivity index (χ0) is 19.4. The maximum atomic E-state index is 12.6. The van der Waals surface area contributed by atoms with Crippen molar-refractivity contribution in [3.63, 3.8) is 0 Å². The molecule has 0 aromatic heterocycles. The number of para-hydroxylation sites is 1. The highest BCUT2D eigenvalue weighted by Crippen LogP contribution is 2.60. The van der Waals surface area contributed by atoms with Gasteiger partial charge in [-0.2, -0.15) is 17.0 Å². The Bertz CT molecular complexity index is 844. The van der Waals surface area contributed by atoms with E-state index in [9.17, 15) is 10.1 Å². The Balaban J connectivity index is 1.70. The molecule has 1 unspecified atom stereocenters. The maximum Gasteiger partial charge on any atom is 0.311 e. The van der Waals surface area contributed by atoms with Crippen LogP contribution < -0.4 is 4.74 Å². The van der Waals surface area contributed by atoms with Crippen LogP contribution in [0.3, 0.4) is 0 Å². The molecule has 1 aliphatic rings. The van der Waals surface area contributed by atoms with Gasteiger partial charge in [0.05, 0.1) is 5.92 Å². The smallest absolute Gasteiger partial charge is 0.311 e. The van der Waals surface area contributed by atoms with Crippen molar-refractivity contribution in [1.29, 1.82) is 5.26 Å². The standard InChI is InChI=1S/C22H23NO3S/c1-22(2)18(14-27-3)20(22)21(24)26-19(13-23)15-8-7-11-17(12-15)25-16-9-5-4-6-10-16/h4-12,18-20H,14H2,1-3H3/t18-,19?,20-/m0/s1. The Morgan fingerprint density at radius 2 is 1.89 bits per heavy atom. The third-order valence-electron chi connectivity index (χ3n) is 5.14. The summed E-state index contributed by atoms with van der Waals surface area (Å²) in [4.78, 5) is 12.6. The number of carbonyl (C=O) groups excluding carboxylic acids is 1. The number of nitriles is 1. The van der Waals surface area contributed by atoms with Gasteiger partial charge in [-0.05, 0) is 47.6 Å². The van der Waals surface area contributed by atoms with Gasteiger partial charge < -0.3 is 9.47 Å². The first-order valence-electron chi connectivity index (χ1n) is 8.89. The average Bonchev–Trinajstić information content (AvgIpc) is 3.21. The third kappa shape index (κ3) is 4.28. The molecule has 0 bridgehead atoms. The highest BCUT2D eigenvalue weighted by Gasteiger charge is 2.62. The average molecular weight is 381 g/mol. The number of ether oxygens (including phenoxy) is 2. The van der Waals surface area contributed by atoms with E-state index in [-0.39, 0.29) is 17.3 Å². The topological polar surface area (TPSA) is 59.3 Å². The molecule has 0 N–H and O–H groups in total. The normalized spacial score (nSPS) is 21.0. The van der Waals surface area contributed by atoms with E-state index in [0.717, 1.165) is 5.75 Å². The molecule has 1 fully saturated rings. The second kappa shape index (κ2) is 8.06. The number of nitrogens with zero attached hydrogens (tertiary/aromatic N) is 1. The highest BCUT2D eigenvalue weighted by molar-refractivity contribution is 7.98. The fourth-order valence-corrected chi connectivity index (χ4v) is 4.41. The van der Waals surface area contributed by atoms with E-state index in [2.05, 4.69) is 19.9 Å². The molecule has 5 heteroatoms. The van der Waals surface area contributed by atoms with Crippen molar-refractivity contribution in [3.05, 3.63) is 60.2 Å². The fourth-order valence-electron chi connectivity index (χ4n) is 3.43. The van der Waals surface area contributed by atoms with Crippen molar-refractivity contribution in [1.82, 2.24) is 0 Å². The first-order valence-corrected chi connectivity index (χ1v) is 10.3. The Kier molecular flexibility index (Phi) is 5.76. The summed E-state index contributed by atoms with van der Waals surface area (Å²) in [5.41, 5.74) is 0.539. The van der Waals surface area contributed by atoms with Crippen LogP contribution in [-0.2, 0) is 9.53 Å². The van der Waals surface area contributed by atoms with Crippen LogP contribution >= 0.6 is 11.8 Å². The number of esters is 1. The molecule has 0 aliphatic heterocycles. The molecule has 27 heavy (non-hydrogen) atoms. The summed E-state index contributed by atoms with van der Waals surface area (Å²) in [6.45, 7) is 4.16. The van der Waals surface area contributed by atoms with Crippen LogP contribution in [0, 0.1) is 28.6 Å². The summed E-state index contributed by atoms with van der Waals surface area (Å²) >= 11 is 1.73. The van der Waals surface area contributed by atoms with Crippen LogP contribution in [0.4, 0.5) is 0 Å². The van der Waals surface area contributed by atoms with Crippen LogP contribution in [0.25, 0.3) is 0 Å². The molecule has 0 spiro atoms. The Labute approximate surface area is 164 Å². The molecule has 1 aliphatic carbocycles. The summed E-state index contributed by atoms with van der Waals surface area (Å²) in [5, 5.41) is 9.54. The third-order valence-corrected chi connectivity index (χ3v) is 5.83. The van der Waals surface area contributed by atoms with E-state index in [1.807, 2.05) is 42.7 Å². The number of hydrogen-bond acceptors (Lipinski definition) is 5. The van der Waals surface area contributed by atoms with Crippen molar-refractivity contribution in [2.45, 2.75) is 20.0 Å². The van der Waals surface area contributed by atoms with E-state index in [4.69, 9.17) is 9.47 Å². The second-order valence-corrected chi connectivity index (χ2v) is 8.21. The van der Waals surface area contributed by atoms with E-state index < -0.39 is 6.10 Å². The first kappa shape index (κ1) is 19.3. The Morgan fingerprint density at radius 3 is 2.56 bits per heavy atom. The van der Waals surface area contributed by atoms with Crippen LogP contribution in [0.5, 0.6) is 11.5 Å². The lowest BCUT2D eigenvalue weighted by Gasteiger charge is -2.13. The molecular formula is C22H23NO3S. The summed E-state index contributed by atoms with van der Waals surface area (Å²) in [7, 11) is 0. The molecule has 3 atom stereocenters. The van der Waals surface area contributed by atoms with Gasteiger partial charge >= 0.3 is 5.97 Å². The fraction of sp³-hybridized carbons (Fsp3) is 0.364. The first-order chi connectivity index (χ1) is 13.0. The molecule has 2 aromatic rings. The minimum Gasteiger partial charge on any atom is -0.457 e. The summed E-state index contributed by atoms with van der Waals surface area (Å²) in [6.07, 6.45) is 1.09. The van der Waals surface area contributed by atoms with Gasteiger partial charge in [0.15, 0.2) is 0 Å². The molecule has 2 aromatic carbocycles. The summed E-state index contributed by atoms with van der Waals surface area (Å²) < 4.78 is 11.4. The second-order valence-electron chi connectivity index (χ2n) is 7.29. The van der Waals surface area contributed by atoms with E-state index >= 15 is 0 Å². The highest BCUT2D eigenvalue weighted by atomic mass is 32.2. The predicted molar refractivity (Wildman–Crippen MR) is 107 cm³/mol. The lowest BCUT2D eigenvalue weighted by atomic mass is 10.1. The van der Waals surface area contributed by atoms with Gasteiger partial charge in [-0.25, -0.2) is 0 Å². The van der Waals surface area contributed by atoms with Crippen molar-refractivity contribution in [2.75, 3.05) is 12.0 Å². The van der Waals surface area contributed by atoms with Crippen LogP contribution in [0.15, 0.2) is 54.6 Å². The van der Waals surface area contributed by atoms with Gasteiger partial charge in [-0.3, -0.25) is 4.79 Å². The lowest BCUT2D eigenvalue weighted by Crippen LogP contribution is -2.14. The summed E-state index contributed by atoms with van der Waals surface area (Å²) in [6, 6.07) is 18.6. The molecule has 4 nitrogen and oxygen atoms in total. The Morgan fingerprint density at radius 1 is 1.19 bits per heavy atom. The largest absolute Gasteiger partial charge is 0.457 e. The van der Waals surface area contributed by atoms with Crippen molar-refractivity contribution in [3.8, 4) is 17.6 Å². The van der Waals surface area contributed by atoms with Crippen LogP contribution in [-0.4, -0.2) is 18.0 Å². The number of thioether (sulfide) groups is 1. The molecule has 0 heterocycles. The van der Waals surface area contributed by atoms with E-state index in [1.54, 1.807) is 30.0 Å². The van der Waals surface area contributed by atoms with E-state index in [0.29, 0.717) is 23.0 Å². The van der Waals surface area contributed by atoms with Crippen molar-refractivity contribution in [2.24, 2.45) is 17.3 Å². The molecule has 1 saturated carbocycles. The molecule has 140 valence electrons. The zero-order valence-electron chi connectivity index (χ0n) is 15.7. The monoisotopic (exact) mass is 381 g/mol. The minimum atomic E-state index is -0.942. The lowest BCUT2D eigenvalue weighted by molar-refractivity contribution is -0.149. The molecule has 3 rings (SSSR count). The maximum absolute atomic E-state index is 12.6. The minimum absolute atomic E-state index is 0.0711. The van der Waals surface area contributed by atoms with Gasteiger partial charge in [-0.1, -0.05) is 44.2 Å². The molecule has 0 amide bonds. The SMILES string of the molecule is CSC[C@H]1[C@@H](C(=O)OC(C#N)c2cccc(Oc3ccccc3)c2)C1(C)C. The number of hydrogen-bond donors (Lipinski definition) is 0. The quantitative estimate of drug-likeness (QED) is 0.615. The van der Waals surface area contributed by atoms with Gasteiger partial charge in [-0.15, -0.1) is 0 Å². The molecule has 0 saturated heterocycles. The zero-order valence-corrected chi connectivity index (χ0v) is 16.5. The number of benzene rings is 2. The molecule has 0 radical (unpaired) electrons. The van der Waals surface area contributed by atoms with Crippen LogP contribution in [0.2, 0.25) is 0 Å². The molecular weight excluding hydrogens is 358 g/mol.